The Kier molecular flexibility index (Phi) is 4.61. The SMILES string of the molecule is CCCNC(C)c1sc(-c2ccncc2F)nc1C. The van der Waals surface area contributed by atoms with Gasteiger partial charge in [0.05, 0.1) is 11.9 Å². The van der Waals surface area contributed by atoms with Crippen LogP contribution in [0, 0.1) is 12.7 Å². The van der Waals surface area contributed by atoms with Gasteiger partial charge < -0.3 is 5.32 Å². The Bertz CT molecular complexity index is 553. The lowest BCUT2D eigenvalue weighted by molar-refractivity contribution is 0.575. The number of pyridine rings is 1. The third-order valence-corrected chi connectivity index (χ3v) is 4.30. The first kappa shape index (κ1) is 14.1. The monoisotopic (exact) mass is 279 g/mol. The van der Waals surface area contributed by atoms with Crippen LogP contribution >= 0.6 is 11.3 Å². The summed E-state index contributed by atoms with van der Waals surface area (Å²) in [7, 11) is 0. The first-order valence-electron chi connectivity index (χ1n) is 6.44. The summed E-state index contributed by atoms with van der Waals surface area (Å²) in [6.07, 6.45) is 3.91. The summed E-state index contributed by atoms with van der Waals surface area (Å²) in [5.41, 5.74) is 1.49. The van der Waals surface area contributed by atoms with Gasteiger partial charge in [0.15, 0.2) is 5.82 Å². The van der Waals surface area contributed by atoms with Crippen LogP contribution in [0.15, 0.2) is 18.5 Å². The summed E-state index contributed by atoms with van der Waals surface area (Å²) in [6.45, 7) is 7.19. The highest BCUT2D eigenvalue weighted by atomic mass is 32.1. The van der Waals surface area contributed by atoms with E-state index in [0.29, 0.717) is 5.56 Å². The quantitative estimate of drug-likeness (QED) is 0.906. The second-order valence-electron chi connectivity index (χ2n) is 4.50. The van der Waals surface area contributed by atoms with Crippen molar-refractivity contribution in [1.82, 2.24) is 15.3 Å². The molecule has 0 amide bonds. The fourth-order valence-electron chi connectivity index (χ4n) is 1.93. The lowest BCUT2D eigenvalue weighted by Gasteiger charge is -2.11. The smallest absolute Gasteiger partial charge is 0.151 e. The van der Waals surface area contributed by atoms with Crippen molar-refractivity contribution in [3.63, 3.8) is 0 Å². The van der Waals surface area contributed by atoms with Crippen molar-refractivity contribution in [2.75, 3.05) is 6.54 Å². The molecule has 0 aromatic carbocycles. The van der Waals surface area contributed by atoms with Crippen molar-refractivity contribution in [3.8, 4) is 10.6 Å². The van der Waals surface area contributed by atoms with E-state index in [-0.39, 0.29) is 11.9 Å². The molecule has 5 heteroatoms. The zero-order chi connectivity index (χ0) is 13.8. The first-order valence-corrected chi connectivity index (χ1v) is 7.25. The van der Waals surface area contributed by atoms with Crippen LogP contribution in [0.2, 0.25) is 0 Å². The first-order chi connectivity index (χ1) is 9.13. The summed E-state index contributed by atoms with van der Waals surface area (Å²) in [5.74, 6) is -0.322. The van der Waals surface area contributed by atoms with Crippen molar-refractivity contribution in [3.05, 3.63) is 34.8 Å². The van der Waals surface area contributed by atoms with E-state index >= 15 is 0 Å². The molecule has 0 saturated heterocycles. The van der Waals surface area contributed by atoms with Crippen LogP contribution in [0.3, 0.4) is 0 Å². The zero-order valence-electron chi connectivity index (χ0n) is 11.4. The van der Waals surface area contributed by atoms with Gasteiger partial charge in [0.2, 0.25) is 0 Å². The highest BCUT2D eigenvalue weighted by Gasteiger charge is 2.16. The average Bonchev–Trinajstić information content (AvgIpc) is 2.78. The molecule has 0 aliphatic heterocycles. The molecule has 19 heavy (non-hydrogen) atoms. The van der Waals surface area contributed by atoms with Gasteiger partial charge >= 0.3 is 0 Å². The maximum atomic E-state index is 13.7. The molecule has 0 aliphatic carbocycles. The number of rotatable bonds is 5. The largest absolute Gasteiger partial charge is 0.309 e. The topological polar surface area (TPSA) is 37.8 Å². The van der Waals surface area contributed by atoms with Gasteiger partial charge in [-0.15, -0.1) is 11.3 Å². The summed E-state index contributed by atoms with van der Waals surface area (Å²) in [5, 5.41) is 4.15. The molecule has 1 N–H and O–H groups in total. The molecule has 0 fully saturated rings. The summed E-state index contributed by atoms with van der Waals surface area (Å²) < 4.78 is 13.7. The molecule has 1 atom stereocenters. The number of hydrogen-bond donors (Lipinski definition) is 1. The predicted molar refractivity (Wildman–Crippen MR) is 76.7 cm³/mol. The van der Waals surface area contributed by atoms with Crippen LogP contribution in [0.4, 0.5) is 4.39 Å². The standard InChI is InChI=1S/C14H18FN3S/c1-4-6-17-9(2)13-10(3)18-14(19-13)11-5-7-16-8-12(11)15/h5,7-9,17H,4,6H2,1-3H3. The Morgan fingerprint density at radius 2 is 2.26 bits per heavy atom. The van der Waals surface area contributed by atoms with Crippen molar-refractivity contribution < 1.29 is 4.39 Å². The van der Waals surface area contributed by atoms with Gasteiger partial charge in [-0.3, -0.25) is 4.98 Å². The number of halogens is 1. The third kappa shape index (κ3) is 3.16. The molecule has 1 unspecified atom stereocenters. The van der Waals surface area contributed by atoms with Gasteiger partial charge in [0.25, 0.3) is 0 Å². The van der Waals surface area contributed by atoms with E-state index in [0.717, 1.165) is 23.7 Å². The van der Waals surface area contributed by atoms with Crippen molar-refractivity contribution >= 4 is 11.3 Å². The van der Waals surface area contributed by atoms with Gasteiger partial charge in [-0.1, -0.05) is 6.92 Å². The maximum Gasteiger partial charge on any atom is 0.151 e. The van der Waals surface area contributed by atoms with E-state index in [1.807, 2.05) is 6.92 Å². The van der Waals surface area contributed by atoms with Gasteiger partial charge in [0, 0.05) is 22.7 Å². The number of thiazole rings is 1. The van der Waals surface area contributed by atoms with Crippen LogP contribution in [-0.4, -0.2) is 16.5 Å². The molecule has 3 nitrogen and oxygen atoms in total. The lowest BCUT2D eigenvalue weighted by atomic mass is 10.2. The molecule has 0 aliphatic rings. The van der Waals surface area contributed by atoms with E-state index in [9.17, 15) is 4.39 Å². The van der Waals surface area contributed by atoms with E-state index in [1.54, 1.807) is 23.6 Å². The number of hydrogen-bond acceptors (Lipinski definition) is 4. The van der Waals surface area contributed by atoms with E-state index < -0.39 is 0 Å². The van der Waals surface area contributed by atoms with Crippen LogP contribution < -0.4 is 5.32 Å². The maximum absolute atomic E-state index is 13.7. The Morgan fingerprint density at radius 3 is 2.95 bits per heavy atom. The lowest BCUT2D eigenvalue weighted by Crippen LogP contribution is -2.18. The highest BCUT2D eigenvalue weighted by Crippen LogP contribution is 2.32. The molecule has 2 aromatic heterocycles. The highest BCUT2D eigenvalue weighted by molar-refractivity contribution is 7.15. The minimum absolute atomic E-state index is 0.246. The summed E-state index contributed by atoms with van der Waals surface area (Å²) >= 11 is 1.54. The van der Waals surface area contributed by atoms with Crippen LogP contribution in [0.5, 0.6) is 0 Å². The zero-order valence-corrected chi connectivity index (χ0v) is 12.2. The van der Waals surface area contributed by atoms with Crippen LogP contribution in [0.1, 0.15) is 36.9 Å². The number of aryl methyl sites for hydroxylation is 1. The number of aromatic nitrogens is 2. The molecule has 2 heterocycles. The summed E-state index contributed by atoms with van der Waals surface area (Å²) in [6, 6.07) is 1.91. The Hall–Kier alpha value is -1.33. The Balaban J connectivity index is 2.28. The molecule has 0 spiro atoms. The molecule has 0 saturated carbocycles. The fourth-order valence-corrected chi connectivity index (χ4v) is 3.05. The molecule has 0 radical (unpaired) electrons. The number of nitrogens with one attached hydrogen (secondary N) is 1. The van der Waals surface area contributed by atoms with Gasteiger partial charge in [0.1, 0.15) is 5.01 Å². The second-order valence-corrected chi connectivity index (χ2v) is 5.53. The van der Waals surface area contributed by atoms with Crippen LogP contribution in [-0.2, 0) is 0 Å². The molecular formula is C14H18FN3S. The Labute approximate surface area is 116 Å². The van der Waals surface area contributed by atoms with Gasteiger partial charge in [-0.25, -0.2) is 9.37 Å². The molecule has 0 bridgehead atoms. The van der Waals surface area contributed by atoms with Gasteiger partial charge in [-0.2, -0.15) is 0 Å². The molecule has 2 rings (SSSR count). The normalized spacial score (nSPS) is 12.6. The van der Waals surface area contributed by atoms with E-state index in [1.165, 1.54) is 11.1 Å². The predicted octanol–water partition coefficient (Wildman–Crippen LogP) is 3.71. The second kappa shape index (κ2) is 6.21. The average molecular weight is 279 g/mol. The molecule has 2 aromatic rings. The van der Waals surface area contributed by atoms with Gasteiger partial charge in [-0.05, 0) is 32.9 Å². The van der Waals surface area contributed by atoms with E-state index in [4.69, 9.17) is 0 Å². The van der Waals surface area contributed by atoms with Crippen molar-refractivity contribution in [2.24, 2.45) is 0 Å². The van der Waals surface area contributed by atoms with E-state index in [2.05, 4.69) is 29.1 Å². The summed E-state index contributed by atoms with van der Waals surface area (Å²) in [4.78, 5) is 9.41. The minimum atomic E-state index is -0.322. The molecular weight excluding hydrogens is 261 g/mol. The number of nitrogens with zero attached hydrogens (tertiary/aromatic N) is 2. The molecule has 102 valence electrons. The minimum Gasteiger partial charge on any atom is -0.309 e. The van der Waals surface area contributed by atoms with Crippen molar-refractivity contribution in [2.45, 2.75) is 33.2 Å². The Morgan fingerprint density at radius 1 is 1.47 bits per heavy atom. The van der Waals surface area contributed by atoms with Crippen LogP contribution in [0.25, 0.3) is 10.6 Å². The fraction of sp³-hybridized carbons (Fsp3) is 0.429. The third-order valence-electron chi connectivity index (χ3n) is 2.93. The van der Waals surface area contributed by atoms with Crippen molar-refractivity contribution in [1.29, 1.82) is 0 Å².